The SMILES string of the molecule is N#Cc1cccc(C(CN2CCNCC2)C2CCC(O)CC2)c1. The van der Waals surface area contributed by atoms with E-state index < -0.39 is 0 Å². The first-order valence-corrected chi connectivity index (χ1v) is 8.87. The van der Waals surface area contributed by atoms with Crippen molar-refractivity contribution in [3.8, 4) is 6.07 Å². The Morgan fingerprint density at radius 1 is 1.22 bits per heavy atom. The number of aliphatic hydroxyl groups excluding tert-OH is 1. The molecule has 124 valence electrons. The largest absolute Gasteiger partial charge is 0.393 e. The van der Waals surface area contributed by atoms with Gasteiger partial charge < -0.3 is 15.3 Å². The highest BCUT2D eigenvalue weighted by Crippen LogP contribution is 2.37. The van der Waals surface area contributed by atoms with E-state index in [0.29, 0.717) is 11.8 Å². The summed E-state index contributed by atoms with van der Waals surface area (Å²) in [5.74, 6) is 1.08. The van der Waals surface area contributed by atoms with Gasteiger partial charge in [0.1, 0.15) is 0 Å². The van der Waals surface area contributed by atoms with Gasteiger partial charge in [-0.1, -0.05) is 12.1 Å². The summed E-state index contributed by atoms with van der Waals surface area (Å²) in [5.41, 5.74) is 2.05. The standard InChI is InChI=1S/C19H27N3O/c20-13-15-2-1-3-17(12-15)19(14-22-10-8-21-9-11-22)16-4-6-18(23)7-5-16/h1-3,12,16,18-19,21,23H,4-11,14H2. The molecule has 1 atom stereocenters. The molecule has 1 saturated heterocycles. The van der Waals surface area contributed by atoms with E-state index in [1.54, 1.807) is 0 Å². The Kier molecular flexibility index (Phi) is 5.66. The van der Waals surface area contributed by atoms with Gasteiger partial charge in [0.15, 0.2) is 0 Å². The summed E-state index contributed by atoms with van der Waals surface area (Å²) in [6.07, 6.45) is 3.90. The van der Waals surface area contributed by atoms with Gasteiger partial charge in [0, 0.05) is 32.7 Å². The molecule has 4 heteroatoms. The summed E-state index contributed by atoms with van der Waals surface area (Å²) in [5, 5.41) is 22.4. The normalized spacial score (nSPS) is 27.3. The van der Waals surface area contributed by atoms with Crippen molar-refractivity contribution in [2.24, 2.45) is 5.92 Å². The molecule has 2 N–H and O–H groups in total. The fourth-order valence-corrected chi connectivity index (χ4v) is 4.04. The van der Waals surface area contributed by atoms with E-state index in [1.165, 1.54) is 5.56 Å². The van der Waals surface area contributed by atoms with Crippen LogP contribution in [0.2, 0.25) is 0 Å². The molecule has 1 aliphatic heterocycles. The molecule has 1 aliphatic carbocycles. The second-order valence-electron chi connectivity index (χ2n) is 6.96. The van der Waals surface area contributed by atoms with Crippen molar-refractivity contribution in [2.75, 3.05) is 32.7 Å². The number of nitrogens with one attached hydrogen (secondary N) is 1. The van der Waals surface area contributed by atoms with Crippen molar-refractivity contribution in [1.82, 2.24) is 10.2 Å². The topological polar surface area (TPSA) is 59.3 Å². The molecule has 0 aromatic heterocycles. The van der Waals surface area contributed by atoms with E-state index in [0.717, 1.165) is 64.0 Å². The maximum absolute atomic E-state index is 9.82. The lowest BCUT2D eigenvalue weighted by Crippen LogP contribution is -2.46. The van der Waals surface area contributed by atoms with Gasteiger partial charge in [-0.2, -0.15) is 5.26 Å². The van der Waals surface area contributed by atoms with Gasteiger partial charge >= 0.3 is 0 Å². The summed E-state index contributed by atoms with van der Waals surface area (Å²) >= 11 is 0. The Morgan fingerprint density at radius 2 is 1.96 bits per heavy atom. The van der Waals surface area contributed by atoms with Gasteiger partial charge in [0.05, 0.1) is 17.7 Å². The van der Waals surface area contributed by atoms with Gasteiger partial charge in [-0.15, -0.1) is 0 Å². The molecule has 4 nitrogen and oxygen atoms in total. The maximum Gasteiger partial charge on any atom is 0.0991 e. The molecule has 0 bridgehead atoms. The molecule has 3 rings (SSSR count). The molecule has 2 fully saturated rings. The molecule has 2 aliphatic rings. The zero-order valence-electron chi connectivity index (χ0n) is 13.7. The van der Waals surface area contributed by atoms with Crippen molar-refractivity contribution in [2.45, 2.75) is 37.7 Å². The van der Waals surface area contributed by atoms with Crippen LogP contribution in [0.25, 0.3) is 0 Å². The van der Waals surface area contributed by atoms with E-state index in [-0.39, 0.29) is 6.10 Å². The molecule has 0 radical (unpaired) electrons. The molecule has 0 spiro atoms. The summed E-state index contributed by atoms with van der Waals surface area (Å²) in [6, 6.07) is 10.4. The van der Waals surface area contributed by atoms with Crippen LogP contribution in [-0.4, -0.2) is 48.8 Å². The Hall–Kier alpha value is -1.41. The second kappa shape index (κ2) is 7.92. The number of rotatable bonds is 4. The Labute approximate surface area is 139 Å². The van der Waals surface area contributed by atoms with Crippen molar-refractivity contribution >= 4 is 0 Å². The minimum Gasteiger partial charge on any atom is -0.393 e. The molecule has 1 aromatic rings. The number of nitrogens with zero attached hydrogens (tertiary/aromatic N) is 2. The van der Waals surface area contributed by atoms with Crippen LogP contribution in [0.1, 0.15) is 42.7 Å². The third-order valence-corrected chi connectivity index (χ3v) is 5.42. The highest BCUT2D eigenvalue weighted by molar-refractivity contribution is 5.35. The van der Waals surface area contributed by atoms with Crippen LogP contribution in [0.3, 0.4) is 0 Å². The first-order chi connectivity index (χ1) is 11.3. The van der Waals surface area contributed by atoms with Gasteiger partial charge in [-0.05, 0) is 55.2 Å². The van der Waals surface area contributed by atoms with Gasteiger partial charge in [-0.25, -0.2) is 0 Å². The Bertz CT molecular complexity index is 540. The molecule has 1 heterocycles. The lowest BCUT2D eigenvalue weighted by atomic mass is 9.75. The van der Waals surface area contributed by atoms with Crippen LogP contribution in [0.15, 0.2) is 24.3 Å². The third-order valence-electron chi connectivity index (χ3n) is 5.42. The van der Waals surface area contributed by atoms with Gasteiger partial charge in [0.2, 0.25) is 0 Å². The fraction of sp³-hybridized carbons (Fsp3) is 0.632. The number of hydrogen-bond donors (Lipinski definition) is 2. The molecule has 1 unspecified atom stereocenters. The van der Waals surface area contributed by atoms with E-state index in [1.807, 2.05) is 12.1 Å². The Morgan fingerprint density at radius 3 is 2.65 bits per heavy atom. The van der Waals surface area contributed by atoms with Crippen molar-refractivity contribution in [1.29, 1.82) is 5.26 Å². The van der Waals surface area contributed by atoms with Crippen LogP contribution in [0, 0.1) is 17.2 Å². The number of aliphatic hydroxyl groups is 1. The zero-order valence-corrected chi connectivity index (χ0v) is 13.7. The van der Waals surface area contributed by atoms with Crippen LogP contribution >= 0.6 is 0 Å². The van der Waals surface area contributed by atoms with Crippen molar-refractivity contribution < 1.29 is 5.11 Å². The second-order valence-corrected chi connectivity index (χ2v) is 6.96. The van der Waals surface area contributed by atoms with Gasteiger partial charge in [0.25, 0.3) is 0 Å². The van der Waals surface area contributed by atoms with Crippen LogP contribution in [0.5, 0.6) is 0 Å². The fourth-order valence-electron chi connectivity index (χ4n) is 4.04. The lowest BCUT2D eigenvalue weighted by Gasteiger charge is -2.37. The average molecular weight is 313 g/mol. The van der Waals surface area contributed by atoms with Crippen LogP contribution in [0.4, 0.5) is 0 Å². The van der Waals surface area contributed by atoms with Crippen molar-refractivity contribution in [3.05, 3.63) is 35.4 Å². The highest BCUT2D eigenvalue weighted by Gasteiger charge is 2.29. The maximum atomic E-state index is 9.82. The van der Waals surface area contributed by atoms with Crippen LogP contribution < -0.4 is 5.32 Å². The lowest BCUT2D eigenvalue weighted by molar-refractivity contribution is 0.0932. The molecular formula is C19H27N3O. The number of benzene rings is 1. The minimum absolute atomic E-state index is 0.114. The zero-order chi connectivity index (χ0) is 16.1. The monoisotopic (exact) mass is 313 g/mol. The van der Waals surface area contributed by atoms with Crippen LogP contribution in [-0.2, 0) is 0 Å². The smallest absolute Gasteiger partial charge is 0.0991 e. The van der Waals surface area contributed by atoms with E-state index in [9.17, 15) is 10.4 Å². The molecular weight excluding hydrogens is 286 g/mol. The first kappa shape index (κ1) is 16.4. The van der Waals surface area contributed by atoms with E-state index >= 15 is 0 Å². The summed E-state index contributed by atoms with van der Waals surface area (Å²) in [7, 11) is 0. The predicted molar refractivity (Wildman–Crippen MR) is 91.2 cm³/mol. The molecule has 23 heavy (non-hydrogen) atoms. The highest BCUT2D eigenvalue weighted by atomic mass is 16.3. The predicted octanol–water partition coefficient (Wildman–Crippen LogP) is 2.10. The van der Waals surface area contributed by atoms with E-state index in [4.69, 9.17) is 0 Å². The number of piperazine rings is 1. The molecule has 1 aromatic carbocycles. The summed E-state index contributed by atoms with van der Waals surface area (Å²) < 4.78 is 0. The average Bonchev–Trinajstić information content (AvgIpc) is 2.61. The number of nitriles is 1. The summed E-state index contributed by atoms with van der Waals surface area (Å²) in [6.45, 7) is 5.40. The van der Waals surface area contributed by atoms with E-state index in [2.05, 4.69) is 28.4 Å². The number of hydrogen-bond acceptors (Lipinski definition) is 4. The summed E-state index contributed by atoms with van der Waals surface area (Å²) in [4.78, 5) is 2.55. The molecule has 1 saturated carbocycles. The first-order valence-electron chi connectivity index (χ1n) is 8.87. The van der Waals surface area contributed by atoms with Crippen molar-refractivity contribution in [3.63, 3.8) is 0 Å². The quantitative estimate of drug-likeness (QED) is 0.894. The Balaban J connectivity index is 1.78. The third kappa shape index (κ3) is 4.32. The van der Waals surface area contributed by atoms with Gasteiger partial charge in [-0.3, -0.25) is 0 Å². The minimum atomic E-state index is -0.114. The molecule has 0 amide bonds.